The fourth-order valence-electron chi connectivity index (χ4n) is 2.00. The molecule has 0 spiro atoms. The van der Waals surface area contributed by atoms with Gasteiger partial charge in [0, 0.05) is 12.1 Å². The number of nitro benzene ring substituents is 1. The number of rotatable bonds is 9. The molecule has 1 unspecified atom stereocenters. The highest BCUT2D eigenvalue weighted by molar-refractivity contribution is 5.74. The summed E-state index contributed by atoms with van der Waals surface area (Å²) >= 11 is 0. The number of aromatic hydroxyl groups is 1. The molecule has 0 radical (unpaired) electrons. The van der Waals surface area contributed by atoms with Gasteiger partial charge in [-0.1, -0.05) is 0 Å². The van der Waals surface area contributed by atoms with Crippen molar-refractivity contribution >= 4 is 11.7 Å². The van der Waals surface area contributed by atoms with Crippen LogP contribution in [-0.2, 0) is 20.9 Å². The Balaban J connectivity index is 1.64. The van der Waals surface area contributed by atoms with Crippen LogP contribution in [0.2, 0.25) is 0 Å². The summed E-state index contributed by atoms with van der Waals surface area (Å²) in [6.45, 7) is 2.08. The van der Waals surface area contributed by atoms with Gasteiger partial charge in [-0.2, -0.15) is 0 Å². The van der Waals surface area contributed by atoms with E-state index in [1.54, 1.807) is 31.2 Å². The number of ether oxygens (including phenoxy) is 3. The van der Waals surface area contributed by atoms with E-state index in [4.69, 9.17) is 14.2 Å². The molecule has 0 amide bonds. The number of hydrogen-bond donors (Lipinski definition) is 1. The van der Waals surface area contributed by atoms with Gasteiger partial charge in [-0.3, -0.25) is 10.1 Å². The van der Waals surface area contributed by atoms with E-state index in [0.29, 0.717) is 5.75 Å². The topological polar surface area (TPSA) is 108 Å². The molecule has 8 heteroatoms. The molecule has 1 N–H and O–H groups in total. The second kappa shape index (κ2) is 9.38. The van der Waals surface area contributed by atoms with Gasteiger partial charge in [-0.25, -0.2) is 4.79 Å². The first-order chi connectivity index (χ1) is 12.5. The monoisotopic (exact) mass is 361 g/mol. The van der Waals surface area contributed by atoms with Crippen molar-refractivity contribution in [3.05, 3.63) is 64.2 Å². The highest BCUT2D eigenvalue weighted by Crippen LogP contribution is 2.17. The van der Waals surface area contributed by atoms with Crippen LogP contribution in [-0.4, -0.2) is 35.3 Å². The van der Waals surface area contributed by atoms with Crippen LogP contribution in [0.25, 0.3) is 0 Å². The molecule has 0 bridgehead atoms. The average molecular weight is 361 g/mol. The van der Waals surface area contributed by atoms with Gasteiger partial charge in [-0.15, -0.1) is 0 Å². The molecule has 0 fully saturated rings. The van der Waals surface area contributed by atoms with Gasteiger partial charge in [0.05, 0.1) is 18.1 Å². The number of benzene rings is 2. The minimum Gasteiger partial charge on any atom is -0.508 e. The smallest absolute Gasteiger partial charge is 0.347 e. The molecule has 26 heavy (non-hydrogen) atoms. The Labute approximate surface area is 150 Å². The third kappa shape index (κ3) is 6.06. The van der Waals surface area contributed by atoms with Gasteiger partial charge in [0.25, 0.3) is 5.69 Å². The zero-order chi connectivity index (χ0) is 18.9. The minimum absolute atomic E-state index is 0.0188. The van der Waals surface area contributed by atoms with Crippen LogP contribution in [0.15, 0.2) is 48.5 Å². The molecule has 1 atom stereocenters. The van der Waals surface area contributed by atoms with Crippen LogP contribution in [0.3, 0.4) is 0 Å². The van der Waals surface area contributed by atoms with Crippen LogP contribution >= 0.6 is 0 Å². The van der Waals surface area contributed by atoms with Crippen molar-refractivity contribution in [3.8, 4) is 11.5 Å². The predicted molar refractivity (Wildman–Crippen MR) is 91.9 cm³/mol. The van der Waals surface area contributed by atoms with Crippen molar-refractivity contribution < 1.29 is 29.0 Å². The molecule has 2 aromatic rings. The molecule has 0 aliphatic carbocycles. The number of non-ortho nitro benzene ring substituents is 1. The van der Waals surface area contributed by atoms with E-state index in [0.717, 1.165) is 5.56 Å². The normalized spacial score (nSPS) is 11.6. The summed E-state index contributed by atoms with van der Waals surface area (Å²) < 4.78 is 15.8. The molecule has 0 aliphatic rings. The largest absolute Gasteiger partial charge is 0.508 e. The third-order valence-corrected chi connectivity index (χ3v) is 3.37. The lowest BCUT2D eigenvalue weighted by atomic mass is 10.2. The molecule has 0 saturated carbocycles. The van der Waals surface area contributed by atoms with E-state index >= 15 is 0 Å². The van der Waals surface area contributed by atoms with Crippen molar-refractivity contribution in [1.29, 1.82) is 0 Å². The summed E-state index contributed by atoms with van der Waals surface area (Å²) in [6, 6.07) is 12.0. The van der Waals surface area contributed by atoms with E-state index in [1.165, 1.54) is 24.3 Å². The number of phenolic OH excluding ortho intramolecular Hbond substituents is 1. The Hall–Kier alpha value is -3.13. The van der Waals surface area contributed by atoms with Crippen LogP contribution in [0.1, 0.15) is 12.5 Å². The zero-order valence-corrected chi connectivity index (χ0v) is 14.2. The standard InChI is InChI=1S/C18H19NO7/c1-13(26-17-8-6-16(20)7-9-17)18(21)25-11-10-24-12-14-2-4-15(5-3-14)19(22)23/h2-9,13,20H,10-12H2,1H3. The van der Waals surface area contributed by atoms with Crippen LogP contribution in [0, 0.1) is 10.1 Å². The lowest BCUT2D eigenvalue weighted by Gasteiger charge is -2.14. The molecule has 2 rings (SSSR count). The van der Waals surface area contributed by atoms with Crippen molar-refractivity contribution in [3.63, 3.8) is 0 Å². The molecule has 0 aliphatic heterocycles. The summed E-state index contributed by atoms with van der Waals surface area (Å²) in [5.74, 6) is 0.0245. The maximum atomic E-state index is 11.8. The number of esters is 1. The number of nitro groups is 1. The second-order valence-corrected chi connectivity index (χ2v) is 5.40. The van der Waals surface area contributed by atoms with Crippen molar-refractivity contribution in [2.75, 3.05) is 13.2 Å². The first-order valence-corrected chi connectivity index (χ1v) is 7.89. The maximum Gasteiger partial charge on any atom is 0.347 e. The molecule has 138 valence electrons. The van der Waals surface area contributed by atoms with Gasteiger partial charge < -0.3 is 19.3 Å². The molecular weight excluding hydrogens is 342 g/mol. The SMILES string of the molecule is CC(Oc1ccc(O)cc1)C(=O)OCCOCc1ccc([N+](=O)[O-])cc1. The summed E-state index contributed by atoms with van der Waals surface area (Å²) in [5, 5.41) is 19.8. The van der Waals surface area contributed by atoms with Crippen molar-refractivity contribution in [2.45, 2.75) is 19.6 Å². The Morgan fingerprint density at radius 3 is 2.38 bits per heavy atom. The second-order valence-electron chi connectivity index (χ2n) is 5.40. The Kier molecular flexibility index (Phi) is 6.92. The molecule has 0 heterocycles. The van der Waals surface area contributed by atoms with Crippen molar-refractivity contribution in [1.82, 2.24) is 0 Å². The molecule has 2 aromatic carbocycles. The highest BCUT2D eigenvalue weighted by Gasteiger charge is 2.16. The van der Waals surface area contributed by atoms with Gasteiger partial charge in [0.1, 0.15) is 18.1 Å². The van der Waals surface area contributed by atoms with Crippen LogP contribution in [0.5, 0.6) is 11.5 Å². The van der Waals surface area contributed by atoms with E-state index in [1.807, 2.05) is 0 Å². The van der Waals surface area contributed by atoms with E-state index < -0.39 is 17.0 Å². The first-order valence-electron chi connectivity index (χ1n) is 7.89. The van der Waals surface area contributed by atoms with Crippen LogP contribution < -0.4 is 4.74 Å². The number of carbonyl (C=O) groups is 1. The van der Waals surface area contributed by atoms with Gasteiger partial charge in [0.2, 0.25) is 0 Å². The van der Waals surface area contributed by atoms with Crippen molar-refractivity contribution in [2.24, 2.45) is 0 Å². The van der Waals surface area contributed by atoms with Gasteiger partial charge in [0.15, 0.2) is 6.10 Å². The first kappa shape index (κ1) is 19.2. The number of hydrogen-bond acceptors (Lipinski definition) is 7. The zero-order valence-electron chi connectivity index (χ0n) is 14.2. The summed E-state index contributed by atoms with van der Waals surface area (Å²) in [6.07, 6.45) is -0.797. The molecular formula is C18H19NO7. The van der Waals surface area contributed by atoms with E-state index in [9.17, 15) is 20.0 Å². The Morgan fingerprint density at radius 2 is 1.77 bits per heavy atom. The fraction of sp³-hybridized carbons (Fsp3) is 0.278. The highest BCUT2D eigenvalue weighted by atomic mass is 16.6. The number of phenols is 1. The summed E-state index contributed by atoms with van der Waals surface area (Å²) in [7, 11) is 0. The van der Waals surface area contributed by atoms with Gasteiger partial charge >= 0.3 is 5.97 Å². The van der Waals surface area contributed by atoms with Crippen LogP contribution in [0.4, 0.5) is 5.69 Å². The lowest BCUT2D eigenvalue weighted by Crippen LogP contribution is -2.27. The average Bonchev–Trinajstić information content (AvgIpc) is 2.63. The lowest BCUT2D eigenvalue weighted by molar-refractivity contribution is -0.384. The minimum atomic E-state index is -0.797. The fourth-order valence-corrected chi connectivity index (χ4v) is 2.00. The quantitative estimate of drug-likeness (QED) is 0.317. The number of carbonyl (C=O) groups excluding carboxylic acids is 1. The predicted octanol–water partition coefficient (Wildman–Crippen LogP) is 2.83. The molecule has 8 nitrogen and oxygen atoms in total. The summed E-state index contributed by atoms with van der Waals surface area (Å²) in [4.78, 5) is 21.9. The Bertz CT molecular complexity index is 728. The maximum absolute atomic E-state index is 11.8. The molecule has 0 aromatic heterocycles. The molecule has 0 saturated heterocycles. The van der Waals surface area contributed by atoms with E-state index in [2.05, 4.69) is 0 Å². The third-order valence-electron chi connectivity index (χ3n) is 3.37. The van der Waals surface area contributed by atoms with E-state index in [-0.39, 0.29) is 31.3 Å². The number of nitrogens with zero attached hydrogens (tertiary/aromatic N) is 1. The van der Waals surface area contributed by atoms with Gasteiger partial charge in [-0.05, 0) is 48.9 Å². The summed E-state index contributed by atoms with van der Waals surface area (Å²) in [5.41, 5.74) is 0.802. The Morgan fingerprint density at radius 1 is 1.12 bits per heavy atom.